The molecular weight excluding hydrogens is 292 g/mol. The summed E-state index contributed by atoms with van der Waals surface area (Å²) in [4.78, 5) is 28.0. The minimum atomic E-state index is -2.73. The van der Waals surface area contributed by atoms with Gasteiger partial charge in [-0.3, -0.25) is 4.79 Å². The fraction of sp³-hybridized carbons (Fsp3) is 0.500. The second-order valence-electron chi connectivity index (χ2n) is 5.48. The Morgan fingerprint density at radius 2 is 2.61 bits per heavy atom. The maximum atomic E-state index is 12.5. The normalized spacial score (nSPS) is 26.8. The molecular formula is C16H20N6O. The van der Waals surface area contributed by atoms with Gasteiger partial charge in [-0.25, -0.2) is 16.5 Å². The van der Waals surface area contributed by atoms with Crippen LogP contribution in [0.5, 0.6) is 0 Å². The molecule has 0 spiro atoms. The number of aromatic amines is 1. The van der Waals surface area contributed by atoms with Gasteiger partial charge in [-0.15, -0.1) is 0 Å². The molecule has 0 aliphatic carbocycles. The van der Waals surface area contributed by atoms with E-state index in [0.717, 1.165) is 9.80 Å². The number of nitrogens with zero attached hydrogens (tertiary/aromatic N) is 5. The van der Waals surface area contributed by atoms with Gasteiger partial charge in [0.05, 0.1) is 12.8 Å². The Morgan fingerprint density at radius 1 is 1.74 bits per heavy atom. The second kappa shape index (κ2) is 6.24. The minimum Gasteiger partial charge on any atom is -0.354 e. The summed E-state index contributed by atoms with van der Waals surface area (Å²) in [5, 5.41) is 0.147. The van der Waals surface area contributed by atoms with Gasteiger partial charge in [0, 0.05) is 30.4 Å². The van der Waals surface area contributed by atoms with E-state index in [-0.39, 0.29) is 41.9 Å². The summed E-state index contributed by atoms with van der Waals surface area (Å²) in [5.74, 6) is -1.35. The molecule has 0 bridgehead atoms. The number of piperidine rings is 1. The molecule has 1 saturated heterocycles. The van der Waals surface area contributed by atoms with Gasteiger partial charge in [0.1, 0.15) is 21.9 Å². The van der Waals surface area contributed by atoms with Gasteiger partial charge in [-0.1, -0.05) is 6.92 Å². The zero-order valence-electron chi connectivity index (χ0n) is 19.5. The van der Waals surface area contributed by atoms with Crippen LogP contribution in [0.3, 0.4) is 0 Å². The summed E-state index contributed by atoms with van der Waals surface area (Å²) >= 11 is 0. The Labute approximate surface area is 145 Å². The number of carbonyl (C=O) groups is 1. The van der Waals surface area contributed by atoms with E-state index in [1.807, 2.05) is 6.92 Å². The molecule has 0 radical (unpaired) electrons. The van der Waals surface area contributed by atoms with Gasteiger partial charge in [0.15, 0.2) is 0 Å². The van der Waals surface area contributed by atoms with Crippen LogP contribution in [0, 0.1) is 12.5 Å². The fourth-order valence-electron chi connectivity index (χ4n) is 2.77. The summed E-state index contributed by atoms with van der Waals surface area (Å²) in [5.41, 5.74) is 0.157. The summed E-state index contributed by atoms with van der Waals surface area (Å²) < 4.78 is 55.4. The van der Waals surface area contributed by atoms with Crippen LogP contribution >= 0.6 is 0 Å². The number of likely N-dealkylation sites (tertiary alicyclic amines) is 1. The number of rotatable bonds is 3. The molecule has 1 aliphatic rings. The minimum absolute atomic E-state index is 0.0324. The molecule has 7 heteroatoms. The molecule has 0 unspecified atom stereocenters. The Bertz CT molecular complexity index is 1010. The highest BCUT2D eigenvalue weighted by Crippen LogP contribution is 2.28. The number of carbonyl (C=O) groups excluding carboxylic acids is 1. The Morgan fingerprint density at radius 3 is 3.39 bits per heavy atom. The summed E-state index contributed by atoms with van der Waals surface area (Å²) in [6.45, 7) is 3.34. The van der Waals surface area contributed by atoms with Gasteiger partial charge in [-0.05, 0) is 18.4 Å². The van der Waals surface area contributed by atoms with Crippen LogP contribution in [-0.2, 0) is 4.79 Å². The van der Waals surface area contributed by atoms with Crippen molar-refractivity contribution in [2.45, 2.75) is 19.4 Å². The van der Waals surface area contributed by atoms with Crippen molar-refractivity contribution < 1.29 is 14.4 Å². The topological polar surface area (TPSA) is 69.5 Å². The first kappa shape index (κ1) is 8.87. The number of hydrogen-bond donors (Lipinski definition) is 1. The molecule has 3 heterocycles. The number of likely N-dealkylation sites (N-methyl/N-ethyl adjacent to an activating group) is 1. The van der Waals surface area contributed by atoms with Crippen LogP contribution in [0.15, 0.2) is 18.5 Å². The van der Waals surface area contributed by atoms with Crippen LogP contribution in [0.4, 0.5) is 5.82 Å². The fourth-order valence-corrected chi connectivity index (χ4v) is 2.77. The Balaban J connectivity index is 2.10. The van der Waals surface area contributed by atoms with E-state index >= 15 is 0 Å². The lowest BCUT2D eigenvalue weighted by molar-refractivity contribution is -0.130. The van der Waals surface area contributed by atoms with Gasteiger partial charge in [-0.2, -0.15) is 0 Å². The summed E-state index contributed by atoms with van der Waals surface area (Å²) in [6, 6.07) is -0.835. The molecule has 23 heavy (non-hydrogen) atoms. The molecule has 120 valence electrons. The highest BCUT2D eigenvalue weighted by molar-refractivity contribution is 5.87. The number of fused-ring (bicyclic) bond motifs is 1. The van der Waals surface area contributed by atoms with Crippen molar-refractivity contribution in [1.29, 1.82) is 0 Å². The van der Waals surface area contributed by atoms with E-state index in [9.17, 15) is 4.79 Å². The third-order valence-corrected chi connectivity index (χ3v) is 4.12. The molecule has 2 atom stereocenters. The van der Waals surface area contributed by atoms with Gasteiger partial charge in [0.2, 0.25) is 0 Å². The van der Waals surface area contributed by atoms with E-state index in [1.54, 1.807) is 0 Å². The van der Waals surface area contributed by atoms with E-state index in [0.29, 0.717) is 6.42 Å². The lowest BCUT2D eigenvalue weighted by Gasteiger charge is -2.41. The molecule has 0 aromatic carbocycles. The number of hydrogen-bond acceptors (Lipinski definition) is 4. The molecule has 1 amide bonds. The third kappa shape index (κ3) is 2.84. The lowest BCUT2D eigenvalue weighted by atomic mass is 9.92. The first-order chi connectivity index (χ1) is 13.9. The van der Waals surface area contributed by atoms with Crippen LogP contribution < -0.4 is 4.90 Å². The van der Waals surface area contributed by atoms with Gasteiger partial charge in [0.25, 0.3) is 6.50 Å². The Kier molecular flexibility index (Phi) is 2.41. The first-order valence-electron chi connectivity index (χ1n) is 10.7. The number of aromatic nitrogens is 3. The maximum Gasteiger partial charge on any atom is 0.302 e. The van der Waals surface area contributed by atoms with Gasteiger partial charge < -0.3 is 19.6 Å². The van der Waals surface area contributed by atoms with Crippen LogP contribution in [0.2, 0.25) is 0 Å². The molecule has 2 aromatic heterocycles. The smallest absolute Gasteiger partial charge is 0.302 e. The van der Waals surface area contributed by atoms with Crippen molar-refractivity contribution in [2.24, 2.45) is 5.92 Å². The third-order valence-electron chi connectivity index (χ3n) is 4.12. The standard InChI is InChI=1S/C16H20N6O/c1-11-5-7-22(14(23)8-17-2)9-13(11)21(3)16-12-4-6-18-15(12)19-10-20-16/h4,6,10-11,13H,5,7-9H2,1,3H3,(H,18,19,20)/t11-,13+/m1/s1/i3D3,4D,8D2,10D. The summed E-state index contributed by atoms with van der Waals surface area (Å²) in [6.07, 6.45) is 1.29. The van der Waals surface area contributed by atoms with Crippen molar-refractivity contribution >= 4 is 22.8 Å². The average molecular weight is 319 g/mol. The lowest BCUT2D eigenvalue weighted by Crippen LogP contribution is -2.53. The number of amides is 1. The monoisotopic (exact) mass is 319 g/mol. The van der Waals surface area contributed by atoms with E-state index in [1.165, 1.54) is 6.20 Å². The molecule has 7 nitrogen and oxygen atoms in total. The largest absolute Gasteiger partial charge is 0.354 e. The van der Waals surface area contributed by atoms with Crippen molar-refractivity contribution in [3.63, 3.8) is 0 Å². The SMILES string of the molecule is [2H]c1nc(N([C@H]2CN(C(=O)C([2H])([2H])[N+]#[C-])CC[C@H]2C)C([2H])([2H])[2H])c2c([2H])c[nH]c2n1. The van der Waals surface area contributed by atoms with E-state index in [2.05, 4.69) is 19.8 Å². The number of anilines is 1. The molecule has 1 N–H and O–H groups in total. The first-order valence-corrected chi connectivity index (χ1v) is 7.16. The van der Waals surface area contributed by atoms with Crippen molar-refractivity contribution in [3.05, 3.63) is 30.0 Å². The molecule has 1 fully saturated rings. The highest BCUT2D eigenvalue weighted by Gasteiger charge is 2.33. The van der Waals surface area contributed by atoms with Crippen molar-refractivity contribution in [1.82, 2.24) is 19.9 Å². The van der Waals surface area contributed by atoms with E-state index in [4.69, 9.17) is 16.2 Å². The van der Waals surface area contributed by atoms with Crippen LogP contribution in [-0.4, -0.2) is 58.4 Å². The predicted molar refractivity (Wildman–Crippen MR) is 87.9 cm³/mol. The number of nitrogens with one attached hydrogen (secondary N) is 1. The Hall–Kier alpha value is -2.62. The van der Waals surface area contributed by atoms with Crippen LogP contribution in [0.1, 0.15) is 22.9 Å². The highest BCUT2D eigenvalue weighted by atomic mass is 16.2. The predicted octanol–water partition coefficient (Wildman–Crippen LogP) is 1.55. The molecule has 2 aromatic rings. The summed E-state index contributed by atoms with van der Waals surface area (Å²) in [7, 11) is 0. The zero-order valence-corrected chi connectivity index (χ0v) is 12.5. The van der Waals surface area contributed by atoms with Crippen molar-refractivity contribution in [2.75, 3.05) is 31.5 Å². The average Bonchev–Trinajstić information content (AvgIpc) is 3.02. The zero-order chi connectivity index (χ0) is 22.4. The van der Waals surface area contributed by atoms with Crippen molar-refractivity contribution in [3.8, 4) is 0 Å². The van der Waals surface area contributed by atoms with Crippen LogP contribution in [0.25, 0.3) is 15.9 Å². The quantitative estimate of drug-likeness (QED) is 0.872. The van der Waals surface area contributed by atoms with E-state index < -0.39 is 31.7 Å². The second-order valence-corrected chi connectivity index (χ2v) is 5.48. The molecule has 0 saturated carbocycles. The van der Waals surface area contributed by atoms with Gasteiger partial charge >= 0.3 is 5.91 Å². The maximum absolute atomic E-state index is 12.5. The number of H-pyrrole nitrogens is 1. The molecule has 1 aliphatic heterocycles. The molecule has 3 rings (SSSR count).